The summed E-state index contributed by atoms with van der Waals surface area (Å²) in [6.45, 7) is 0.821. The van der Waals surface area contributed by atoms with Gasteiger partial charge in [0.25, 0.3) is 0 Å². The molecule has 0 spiro atoms. The molecule has 0 atom stereocenters. The number of aliphatic carboxylic acids is 1. The van der Waals surface area contributed by atoms with E-state index in [1.807, 2.05) is 36.5 Å². The van der Waals surface area contributed by atoms with Crippen LogP contribution in [0.2, 0.25) is 0 Å². The van der Waals surface area contributed by atoms with E-state index in [9.17, 15) is 4.79 Å². The maximum Gasteiger partial charge on any atom is 0.306 e. The van der Waals surface area contributed by atoms with Crippen molar-refractivity contribution < 1.29 is 9.90 Å². The quantitative estimate of drug-likeness (QED) is 0.829. The smallest absolute Gasteiger partial charge is 0.306 e. The normalized spacial score (nSPS) is 24.2. The van der Waals surface area contributed by atoms with E-state index in [0.717, 1.165) is 37.8 Å². The molecule has 1 aliphatic carbocycles. The van der Waals surface area contributed by atoms with Gasteiger partial charge in [-0.25, -0.2) is 0 Å². The molecule has 0 amide bonds. The Labute approximate surface area is 108 Å². The predicted octanol–water partition coefficient (Wildman–Crippen LogP) is 3.00. The van der Waals surface area contributed by atoms with E-state index in [-0.39, 0.29) is 5.92 Å². The van der Waals surface area contributed by atoms with Gasteiger partial charge in [-0.05, 0) is 37.2 Å². The number of rotatable bonds is 4. The molecule has 96 valence electrons. The zero-order valence-corrected chi connectivity index (χ0v) is 10.5. The monoisotopic (exact) mass is 245 g/mol. The SMILES string of the molecule is O=C(O)[C@H]1CC[C@H](CN=Cc2ccccc2)CC1. The van der Waals surface area contributed by atoms with Gasteiger partial charge in [-0.1, -0.05) is 30.3 Å². The lowest BCUT2D eigenvalue weighted by molar-refractivity contribution is -0.143. The number of carboxylic acids is 1. The van der Waals surface area contributed by atoms with E-state index < -0.39 is 5.97 Å². The number of carbonyl (C=O) groups is 1. The van der Waals surface area contributed by atoms with Crippen molar-refractivity contribution >= 4 is 12.2 Å². The van der Waals surface area contributed by atoms with Crippen molar-refractivity contribution in [3.8, 4) is 0 Å². The van der Waals surface area contributed by atoms with Crippen molar-refractivity contribution in [1.29, 1.82) is 0 Å². The number of benzene rings is 1. The summed E-state index contributed by atoms with van der Waals surface area (Å²) >= 11 is 0. The summed E-state index contributed by atoms with van der Waals surface area (Å²) in [4.78, 5) is 15.3. The van der Waals surface area contributed by atoms with E-state index in [0.29, 0.717) is 5.92 Å². The molecule has 2 rings (SSSR count). The van der Waals surface area contributed by atoms with E-state index >= 15 is 0 Å². The molecule has 0 bridgehead atoms. The predicted molar refractivity (Wildman–Crippen MR) is 72.0 cm³/mol. The number of carboxylic acid groups (broad SMARTS) is 1. The van der Waals surface area contributed by atoms with Crippen LogP contribution in [0.15, 0.2) is 35.3 Å². The lowest BCUT2D eigenvalue weighted by atomic mass is 9.82. The van der Waals surface area contributed by atoms with Crippen LogP contribution in [0.25, 0.3) is 0 Å². The molecule has 0 aromatic heterocycles. The van der Waals surface area contributed by atoms with Crippen LogP contribution in [-0.2, 0) is 4.79 Å². The van der Waals surface area contributed by atoms with Gasteiger partial charge in [0.15, 0.2) is 0 Å². The van der Waals surface area contributed by atoms with Gasteiger partial charge in [0, 0.05) is 12.8 Å². The molecule has 18 heavy (non-hydrogen) atoms. The Balaban J connectivity index is 1.76. The highest BCUT2D eigenvalue weighted by Gasteiger charge is 2.25. The third kappa shape index (κ3) is 3.69. The first-order valence-electron chi connectivity index (χ1n) is 6.53. The summed E-state index contributed by atoms with van der Waals surface area (Å²) in [5.41, 5.74) is 1.12. The molecular formula is C15H19NO2. The zero-order valence-electron chi connectivity index (χ0n) is 10.5. The van der Waals surface area contributed by atoms with Gasteiger partial charge in [-0.2, -0.15) is 0 Å². The Morgan fingerprint density at radius 1 is 1.22 bits per heavy atom. The molecule has 1 aromatic carbocycles. The molecule has 0 saturated heterocycles. The van der Waals surface area contributed by atoms with Crippen LogP contribution in [0.1, 0.15) is 31.2 Å². The highest BCUT2D eigenvalue weighted by Crippen LogP contribution is 2.28. The van der Waals surface area contributed by atoms with Crippen LogP contribution in [0.5, 0.6) is 0 Å². The highest BCUT2D eigenvalue weighted by atomic mass is 16.4. The first kappa shape index (κ1) is 12.8. The second kappa shape index (κ2) is 6.34. The molecule has 0 heterocycles. The zero-order chi connectivity index (χ0) is 12.8. The van der Waals surface area contributed by atoms with Crippen molar-refractivity contribution in [2.45, 2.75) is 25.7 Å². The molecule has 3 heteroatoms. The molecule has 3 nitrogen and oxygen atoms in total. The number of nitrogens with zero attached hydrogens (tertiary/aromatic N) is 1. The fourth-order valence-electron chi connectivity index (χ4n) is 2.44. The highest BCUT2D eigenvalue weighted by molar-refractivity contribution is 5.79. The average Bonchev–Trinajstić information content (AvgIpc) is 2.40. The fourth-order valence-corrected chi connectivity index (χ4v) is 2.44. The van der Waals surface area contributed by atoms with Crippen LogP contribution in [-0.4, -0.2) is 23.8 Å². The van der Waals surface area contributed by atoms with Gasteiger partial charge in [-0.3, -0.25) is 9.79 Å². The van der Waals surface area contributed by atoms with Crippen molar-refractivity contribution in [1.82, 2.24) is 0 Å². The number of aliphatic imine (C=N–C) groups is 1. The first-order chi connectivity index (χ1) is 8.75. The molecule has 0 radical (unpaired) electrons. The maximum atomic E-state index is 10.8. The Bertz CT molecular complexity index is 406. The van der Waals surface area contributed by atoms with E-state index in [2.05, 4.69) is 4.99 Å². The molecular weight excluding hydrogens is 226 g/mol. The summed E-state index contributed by atoms with van der Waals surface area (Å²) < 4.78 is 0. The van der Waals surface area contributed by atoms with Crippen molar-refractivity contribution in [2.24, 2.45) is 16.8 Å². The topological polar surface area (TPSA) is 49.7 Å². The summed E-state index contributed by atoms with van der Waals surface area (Å²) in [6.07, 6.45) is 5.50. The molecule has 1 N–H and O–H groups in total. The van der Waals surface area contributed by atoms with Crippen molar-refractivity contribution in [3.05, 3.63) is 35.9 Å². The Hall–Kier alpha value is -1.64. The van der Waals surface area contributed by atoms with E-state index in [1.54, 1.807) is 0 Å². The van der Waals surface area contributed by atoms with Gasteiger partial charge >= 0.3 is 5.97 Å². The van der Waals surface area contributed by atoms with Gasteiger partial charge in [-0.15, -0.1) is 0 Å². The summed E-state index contributed by atoms with van der Waals surface area (Å²) in [6, 6.07) is 10.1. The third-order valence-corrected chi connectivity index (χ3v) is 3.60. The maximum absolute atomic E-state index is 10.8. The summed E-state index contributed by atoms with van der Waals surface area (Å²) in [5, 5.41) is 8.92. The van der Waals surface area contributed by atoms with Gasteiger partial charge in [0.2, 0.25) is 0 Å². The van der Waals surface area contributed by atoms with E-state index in [4.69, 9.17) is 5.11 Å². The summed E-state index contributed by atoms with van der Waals surface area (Å²) in [5.74, 6) is -0.207. The van der Waals surface area contributed by atoms with Crippen LogP contribution >= 0.6 is 0 Å². The number of hydrogen-bond donors (Lipinski definition) is 1. The second-order valence-electron chi connectivity index (χ2n) is 4.96. The van der Waals surface area contributed by atoms with Crippen LogP contribution in [0, 0.1) is 11.8 Å². The van der Waals surface area contributed by atoms with Crippen molar-refractivity contribution in [2.75, 3.05) is 6.54 Å². The Morgan fingerprint density at radius 3 is 2.50 bits per heavy atom. The minimum atomic E-state index is -0.638. The lowest BCUT2D eigenvalue weighted by Crippen LogP contribution is -2.22. The van der Waals surface area contributed by atoms with Gasteiger partial charge in [0.1, 0.15) is 0 Å². The standard InChI is InChI=1S/C15H19NO2/c17-15(18)14-8-6-13(7-9-14)11-16-10-12-4-2-1-3-5-12/h1-5,10,13-14H,6-9,11H2,(H,17,18)/t13-,14-. The molecule has 1 fully saturated rings. The molecule has 1 aliphatic rings. The Morgan fingerprint density at radius 2 is 1.89 bits per heavy atom. The van der Waals surface area contributed by atoms with Crippen LogP contribution in [0.4, 0.5) is 0 Å². The van der Waals surface area contributed by atoms with Crippen molar-refractivity contribution in [3.63, 3.8) is 0 Å². The lowest BCUT2D eigenvalue weighted by Gasteiger charge is -2.24. The second-order valence-corrected chi connectivity index (χ2v) is 4.96. The summed E-state index contributed by atoms with van der Waals surface area (Å²) in [7, 11) is 0. The minimum absolute atomic E-state index is 0.126. The first-order valence-corrected chi connectivity index (χ1v) is 6.53. The van der Waals surface area contributed by atoms with E-state index in [1.165, 1.54) is 0 Å². The molecule has 0 aliphatic heterocycles. The molecule has 1 aromatic rings. The Kier molecular flexibility index (Phi) is 4.51. The average molecular weight is 245 g/mol. The number of hydrogen-bond acceptors (Lipinski definition) is 2. The van der Waals surface area contributed by atoms with Gasteiger partial charge < -0.3 is 5.11 Å². The molecule has 1 saturated carbocycles. The van der Waals surface area contributed by atoms with Gasteiger partial charge in [0.05, 0.1) is 5.92 Å². The van der Waals surface area contributed by atoms with Crippen LogP contribution < -0.4 is 0 Å². The minimum Gasteiger partial charge on any atom is -0.481 e. The molecule has 0 unspecified atom stereocenters. The largest absolute Gasteiger partial charge is 0.481 e. The fraction of sp³-hybridized carbons (Fsp3) is 0.467. The van der Waals surface area contributed by atoms with Crippen LogP contribution in [0.3, 0.4) is 0 Å². The third-order valence-electron chi connectivity index (χ3n) is 3.60.